The minimum atomic E-state index is -4.43. The molecule has 0 radical (unpaired) electrons. The summed E-state index contributed by atoms with van der Waals surface area (Å²) in [6, 6.07) is 4.47. The molecule has 2 saturated carbocycles. The summed E-state index contributed by atoms with van der Waals surface area (Å²) in [7, 11) is 0. The van der Waals surface area contributed by atoms with Gasteiger partial charge in [-0.1, -0.05) is 6.07 Å². The van der Waals surface area contributed by atoms with Gasteiger partial charge in [-0.05, 0) is 76.0 Å². The number of alkyl halides is 3. The van der Waals surface area contributed by atoms with E-state index in [1.807, 2.05) is 4.90 Å². The molecule has 3 fully saturated rings. The highest BCUT2D eigenvalue weighted by Crippen LogP contribution is 2.50. The van der Waals surface area contributed by atoms with Crippen LogP contribution in [0.15, 0.2) is 18.2 Å². The fourth-order valence-electron chi connectivity index (χ4n) is 5.54. The molecule has 0 atom stereocenters. The predicted molar refractivity (Wildman–Crippen MR) is 106 cm³/mol. The summed E-state index contributed by atoms with van der Waals surface area (Å²) >= 11 is 0. The van der Waals surface area contributed by atoms with Gasteiger partial charge in [-0.3, -0.25) is 4.79 Å². The Balaban J connectivity index is 1.35. The van der Waals surface area contributed by atoms with E-state index in [-0.39, 0.29) is 35.5 Å². The van der Waals surface area contributed by atoms with Crippen molar-refractivity contribution >= 4 is 5.91 Å². The Morgan fingerprint density at radius 2 is 1.87 bits per heavy atom. The van der Waals surface area contributed by atoms with Crippen LogP contribution in [0.4, 0.5) is 13.2 Å². The van der Waals surface area contributed by atoms with Gasteiger partial charge in [0.1, 0.15) is 5.75 Å². The van der Waals surface area contributed by atoms with Gasteiger partial charge in [0.25, 0.3) is 0 Å². The number of benzene rings is 1. The van der Waals surface area contributed by atoms with Crippen LogP contribution < -0.4 is 4.74 Å². The summed E-state index contributed by atoms with van der Waals surface area (Å²) in [6.07, 6.45) is 0.179. The van der Waals surface area contributed by atoms with Crippen LogP contribution in [-0.4, -0.2) is 41.2 Å². The largest absolute Gasteiger partial charge is 0.493 e. The summed E-state index contributed by atoms with van der Waals surface area (Å²) in [4.78, 5) is 14.4. The first kappa shape index (κ1) is 21.5. The molecule has 4 rings (SSSR count). The predicted octanol–water partition coefficient (Wildman–Crippen LogP) is 4.75. The molecule has 2 aliphatic carbocycles. The second kappa shape index (κ2) is 7.43. The molecule has 0 unspecified atom stereocenters. The number of rotatable bonds is 4. The van der Waals surface area contributed by atoms with Crippen LogP contribution in [0.5, 0.6) is 5.75 Å². The molecule has 1 saturated heterocycles. The fourth-order valence-corrected chi connectivity index (χ4v) is 5.54. The zero-order chi connectivity index (χ0) is 21.7. The summed E-state index contributed by atoms with van der Waals surface area (Å²) in [6.45, 7) is 5.13. The topological polar surface area (TPSA) is 49.8 Å². The van der Waals surface area contributed by atoms with Gasteiger partial charge in [0.05, 0.1) is 17.8 Å². The van der Waals surface area contributed by atoms with Gasteiger partial charge >= 0.3 is 6.18 Å². The zero-order valence-electron chi connectivity index (χ0n) is 17.6. The van der Waals surface area contributed by atoms with E-state index < -0.39 is 17.3 Å². The molecule has 166 valence electrons. The molecule has 0 aromatic heterocycles. The van der Waals surface area contributed by atoms with Crippen molar-refractivity contribution in [2.24, 2.45) is 11.3 Å². The smallest absolute Gasteiger partial charge is 0.419 e. The zero-order valence-corrected chi connectivity index (χ0v) is 17.6. The Labute approximate surface area is 175 Å². The highest BCUT2D eigenvalue weighted by Gasteiger charge is 2.51. The highest BCUT2D eigenvalue weighted by atomic mass is 19.4. The first-order valence-electron chi connectivity index (χ1n) is 10.9. The van der Waals surface area contributed by atoms with Gasteiger partial charge in [-0.2, -0.15) is 13.2 Å². The average molecular weight is 425 g/mol. The molecule has 1 aromatic carbocycles. The molecule has 7 heteroatoms. The van der Waals surface area contributed by atoms with E-state index in [1.165, 1.54) is 12.1 Å². The summed E-state index contributed by atoms with van der Waals surface area (Å²) in [5.74, 6) is 0.0944. The van der Waals surface area contributed by atoms with Crippen molar-refractivity contribution in [1.82, 2.24) is 4.90 Å². The summed E-state index contributed by atoms with van der Waals surface area (Å²) in [5, 5.41) is 9.85. The quantitative estimate of drug-likeness (QED) is 0.757. The molecule has 30 heavy (non-hydrogen) atoms. The van der Waals surface area contributed by atoms with Crippen LogP contribution in [0.2, 0.25) is 0 Å². The van der Waals surface area contributed by atoms with Crippen molar-refractivity contribution in [3.63, 3.8) is 0 Å². The molecule has 1 aliphatic heterocycles. The van der Waals surface area contributed by atoms with Gasteiger partial charge in [-0.25, -0.2) is 0 Å². The van der Waals surface area contributed by atoms with Crippen LogP contribution in [0.25, 0.3) is 0 Å². The van der Waals surface area contributed by atoms with Crippen LogP contribution in [0, 0.1) is 11.3 Å². The maximum absolute atomic E-state index is 13.4. The van der Waals surface area contributed by atoms with E-state index in [1.54, 1.807) is 19.9 Å². The van der Waals surface area contributed by atoms with E-state index in [0.29, 0.717) is 12.8 Å². The molecule has 1 heterocycles. The fraction of sp³-hybridized carbons (Fsp3) is 0.696. The number of aliphatic hydroxyl groups is 1. The third-order valence-corrected chi connectivity index (χ3v) is 7.21. The molecule has 4 nitrogen and oxygen atoms in total. The Hall–Kier alpha value is -1.76. The lowest BCUT2D eigenvalue weighted by atomic mass is 9.63. The lowest BCUT2D eigenvalue weighted by molar-refractivity contribution is -0.163. The number of hydrogen-bond acceptors (Lipinski definition) is 3. The molecular formula is C23H30F3NO3. The minimum Gasteiger partial charge on any atom is -0.493 e. The first-order chi connectivity index (χ1) is 14.0. The normalized spacial score (nSPS) is 28.7. The van der Waals surface area contributed by atoms with E-state index in [9.17, 15) is 23.1 Å². The van der Waals surface area contributed by atoms with E-state index >= 15 is 0 Å². The molecule has 1 amide bonds. The van der Waals surface area contributed by atoms with Gasteiger partial charge < -0.3 is 14.7 Å². The third kappa shape index (κ3) is 4.05. The van der Waals surface area contributed by atoms with Crippen molar-refractivity contribution in [2.75, 3.05) is 19.7 Å². The van der Waals surface area contributed by atoms with Gasteiger partial charge in [-0.15, -0.1) is 0 Å². The van der Waals surface area contributed by atoms with E-state index in [4.69, 9.17) is 4.74 Å². The van der Waals surface area contributed by atoms with Gasteiger partial charge in [0.15, 0.2) is 0 Å². The van der Waals surface area contributed by atoms with E-state index in [2.05, 4.69) is 0 Å². The van der Waals surface area contributed by atoms with Crippen molar-refractivity contribution in [3.8, 4) is 5.75 Å². The highest BCUT2D eigenvalue weighted by molar-refractivity contribution is 5.81. The van der Waals surface area contributed by atoms with Gasteiger partial charge in [0.2, 0.25) is 5.91 Å². The van der Waals surface area contributed by atoms with Crippen molar-refractivity contribution in [3.05, 3.63) is 29.3 Å². The molecule has 0 bridgehead atoms. The number of hydrogen-bond donors (Lipinski definition) is 1. The summed E-state index contributed by atoms with van der Waals surface area (Å²) < 4.78 is 45.5. The maximum Gasteiger partial charge on any atom is 0.419 e. The van der Waals surface area contributed by atoms with Gasteiger partial charge in [0, 0.05) is 24.4 Å². The van der Waals surface area contributed by atoms with Crippen molar-refractivity contribution in [1.29, 1.82) is 0 Å². The van der Waals surface area contributed by atoms with Crippen LogP contribution in [0.3, 0.4) is 0 Å². The van der Waals surface area contributed by atoms with Crippen molar-refractivity contribution in [2.45, 2.75) is 70.1 Å². The Bertz CT molecular complexity index is 796. The Kier molecular flexibility index (Phi) is 5.32. The molecule has 1 spiro atoms. The van der Waals surface area contributed by atoms with Crippen LogP contribution in [-0.2, 0) is 11.0 Å². The Morgan fingerprint density at radius 3 is 2.40 bits per heavy atom. The number of amides is 1. The standard InChI is InChI=1S/C23H30F3NO3/c1-3-30-19-5-4-16(10-18(19)23(24,25)26)15-6-8-22(9-7-15)13-27(14-22)20(28)17-11-21(2,29)12-17/h4-5,10,15,17,29H,3,6-9,11-14H2,1-2H3. The number of likely N-dealkylation sites (tertiary alicyclic amines) is 1. The number of carbonyl (C=O) groups excluding carboxylic acids is 1. The van der Waals surface area contributed by atoms with Crippen LogP contribution >= 0.6 is 0 Å². The Morgan fingerprint density at radius 1 is 1.23 bits per heavy atom. The molecule has 1 aromatic rings. The minimum absolute atomic E-state index is 0.0571. The molecular weight excluding hydrogens is 395 g/mol. The lowest BCUT2D eigenvalue weighted by Gasteiger charge is -2.55. The lowest BCUT2D eigenvalue weighted by Crippen LogP contribution is -2.62. The molecule has 1 N–H and O–H groups in total. The second-order valence-electron chi connectivity index (χ2n) is 9.76. The van der Waals surface area contributed by atoms with E-state index in [0.717, 1.165) is 44.3 Å². The number of nitrogens with zero attached hydrogens (tertiary/aromatic N) is 1. The number of carbonyl (C=O) groups is 1. The maximum atomic E-state index is 13.4. The third-order valence-electron chi connectivity index (χ3n) is 7.21. The van der Waals surface area contributed by atoms with Crippen LogP contribution in [0.1, 0.15) is 69.4 Å². The van der Waals surface area contributed by atoms with Crippen molar-refractivity contribution < 1.29 is 27.8 Å². The summed E-state index contributed by atoms with van der Waals surface area (Å²) in [5.41, 5.74) is -0.548. The average Bonchev–Trinajstić information content (AvgIpc) is 2.63. The first-order valence-corrected chi connectivity index (χ1v) is 10.9. The molecule has 3 aliphatic rings. The number of ether oxygens (including phenoxy) is 1. The number of halogens is 3. The monoisotopic (exact) mass is 425 g/mol. The SMILES string of the molecule is CCOc1ccc(C2CCC3(CC2)CN(C(=O)C2CC(C)(O)C2)C3)cc1C(F)(F)F. The second-order valence-corrected chi connectivity index (χ2v) is 9.76.